The van der Waals surface area contributed by atoms with Gasteiger partial charge >= 0.3 is 11.9 Å². The van der Waals surface area contributed by atoms with Crippen LogP contribution in [0.3, 0.4) is 0 Å². The predicted octanol–water partition coefficient (Wildman–Crippen LogP) is 9.55. The Balaban J connectivity index is 0.000000228. The highest BCUT2D eigenvalue weighted by Crippen LogP contribution is 2.50. The van der Waals surface area contributed by atoms with E-state index in [0.29, 0.717) is 0 Å². The topological polar surface area (TPSA) is 248 Å². The van der Waals surface area contributed by atoms with Gasteiger partial charge < -0.3 is 33.0 Å². The van der Waals surface area contributed by atoms with Crippen LogP contribution in [0.4, 0.5) is 11.4 Å². The van der Waals surface area contributed by atoms with Gasteiger partial charge in [-0.05, 0) is 109 Å². The molecule has 0 aliphatic carbocycles. The summed E-state index contributed by atoms with van der Waals surface area (Å²) in [5, 5.41) is 24.1. The smallest absolute Gasteiger partial charge is 0.339 e. The summed E-state index contributed by atoms with van der Waals surface area (Å²) in [5.41, 5.74) is 8.49. The highest BCUT2D eigenvalue weighted by Gasteiger charge is 2.44. The van der Waals surface area contributed by atoms with Crippen molar-refractivity contribution in [2.24, 2.45) is 0 Å². The number of fused-ring (bicyclic) bond motifs is 6. The zero-order valence-corrected chi connectivity index (χ0v) is 49.1. The van der Waals surface area contributed by atoms with Crippen LogP contribution in [0.5, 0.6) is 11.5 Å². The fraction of sp³-hybridized carbons (Fsp3) is 0.215. The quantitative estimate of drug-likeness (QED) is 0.0323. The van der Waals surface area contributed by atoms with Crippen molar-refractivity contribution in [3.8, 4) is 23.6 Å². The van der Waals surface area contributed by atoms with Gasteiger partial charge in [-0.15, -0.1) is 0 Å². The molecule has 7 aromatic carbocycles. The van der Waals surface area contributed by atoms with E-state index >= 15 is 0 Å². The van der Waals surface area contributed by atoms with Crippen LogP contribution in [0.25, 0.3) is 42.6 Å². The molecule has 20 heteroatoms. The number of nitriles is 2. The van der Waals surface area contributed by atoms with Gasteiger partial charge in [-0.2, -0.15) is 4.58 Å². The van der Waals surface area contributed by atoms with Gasteiger partial charge in [-0.25, -0.2) is 46.6 Å². The largest absolute Gasteiger partial charge is 0.744 e. The summed E-state index contributed by atoms with van der Waals surface area (Å²) in [6.45, 7) is 26.6. The molecule has 2 heterocycles. The summed E-state index contributed by atoms with van der Waals surface area (Å²) in [4.78, 5) is 31.9. The van der Waals surface area contributed by atoms with Crippen molar-refractivity contribution in [2.45, 2.75) is 62.2 Å². The van der Waals surface area contributed by atoms with E-state index < -0.39 is 90.9 Å². The molecule has 2 aliphatic heterocycles. The average molecular weight is 1180 g/mol. The number of nitrogens with zero attached hydrogens (tertiary/aromatic N) is 6. The molecule has 0 radical (unpaired) electrons. The number of hydrogen-bond donors (Lipinski definition) is 0. The van der Waals surface area contributed by atoms with Crippen LogP contribution in [0.2, 0.25) is 0 Å². The minimum atomic E-state index is -4.99. The number of esters is 2. The molecule has 85 heavy (non-hydrogen) atoms. The lowest BCUT2D eigenvalue weighted by atomic mass is 9.78. The number of aryl methyl sites for hydroxylation is 2. The molecular weight excluding hydrogens is 1120 g/mol. The number of likely N-dealkylation sites (N-methyl/N-ethyl adjacent to an activating group) is 1. The molecule has 9 rings (SSSR count). The Morgan fingerprint density at radius 3 is 1.56 bits per heavy atom. The molecule has 0 aromatic heterocycles. The predicted molar refractivity (Wildman–Crippen MR) is 317 cm³/mol. The maximum atomic E-state index is 12.4. The van der Waals surface area contributed by atoms with E-state index in [1.165, 1.54) is 90.8 Å². The second-order valence-corrected chi connectivity index (χ2v) is 23.6. The summed E-state index contributed by atoms with van der Waals surface area (Å²) in [5.74, 6) is -2.75. The van der Waals surface area contributed by atoms with E-state index in [4.69, 9.17) is 32.1 Å². The third kappa shape index (κ3) is 12.4. The lowest BCUT2D eigenvalue weighted by molar-refractivity contribution is -0.401. The van der Waals surface area contributed by atoms with Crippen molar-refractivity contribution < 1.29 is 59.1 Å². The molecular formula is C65H55N6O12S2-. The first-order chi connectivity index (χ1) is 40.3. The second kappa shape index (κ2) is 24.5. The Morgan fingerprint density at radius 2 is 1.11 bits per heavy atom. The van der Waals surface area contributed by atoms with Crippen molar-refractivity contribution in [2.75, 3.05) is 45.4 Å². The van der Waals surface area contributed by atoms with Crippen molar-refractivity contribution in [1.29, 1.82) is 10.5 Å². The molecule has 0 saturated heterocycles. The molecule has 18 nitrogen and oxygen atoms in total. The van der Waals surface area contributed by atoms with Crippen molar-refractivity contribution in [3.05, 3.63) is 212 Å². The van der Waals surface area contributed by atoms with Crippen LogP contribution < -0.4 is 24.8 Å². The zero-order valence-electron chi connectivity index (χ0n) is 47.5. The summed E-state index contributed by atoms with van der Waals surface area (Å²) in [6, 6.07) is 37.4. The fourth-order valence-corrected chi connectivity index (χ4v) is 12.2. The lowest BCUT2D eigenvalue weighted by Crippen LogP contribution is -2.27. The van der Waals surface area contributed by atoms with Gasteiger partial charge in [0.2, 0.25) is 5.69 Å². The minimum Gasteiger partial charge on any atom is -0.744 e. The third-order valence-corrected chi connectivity index (χ3v) is 16.5. The van der Waals surface area contributed by atoms with Gasteiger partial charge in [0.15, 0.2) is 5.71 Å². The van der Waals surface area contributed by atoms with E-state index in [9.17, 15) is 46.1 Å². The number of carbonyl (C=O) groups excluding carboxylic acids is 2. The Kier molecular flexibility index (Phi) is 17.6. The number of anilines is 1. The molecule has 2 aliphatic rings. The number of hydrogen-bond acceptors (Lipinski definition) is 15. The van der Waals surface area contributed by atoms with Crippen molar-refractivity contribution >= 4 is 82.2 Å². The van der Waals surface area contributed by atoms with E-state index in [2.05, 4.69) is 154 Å². The van der Waals surface area contributed by atoms with Gasteiger partial charge in [-0.3, -0.25) is 0 Å². The standard InChI is InChI=1S/C35H37N2.C30H20N4O12S2/c1-22-12-16-26-24(20-22)14-18-28-32(26)34(3,4)30(36(28)7)10-9-11-31-35(5,6)33-27-17-13-23(2)21-25(27)15-19-29(33)37(31)8;1-33-23(17-31)21-15-26(44-12-14-46-30(36)20-8-4-6-10-28(20)48(40,41)42)22(24(18-32)34-2)16-25(21)43-11-13-45-29(35)19-7-3-5-9-27(19)47(37,38)39/h9-21H,1-8H3;3-10,15-16H,11-14H2,(H,37,38,39)(H,40,41,42)/q+1;/p-2/b;23-21-,24-22+. The molecule has 0 bridgehead atoms. The van der Waals surface area contributed by atoms with Crippen molar-refractivity contribution in [3.63, 3.8) is 0 Å². The van der Waals surface area contributed by atoms with Gasteiger partial charge in [-0.1, -0.05) is 97.8 Å². The van der Waals surface area contributed by atoms with Crippen LogP contribution >= 0.6 is 0 Å². The van der Waals surface area contributed by atoms with Gasteiger partial charge in [0.1, 0.15) is 65.2 Å². The number of rotatable bonds is 14. The van der Waals surface area contributed by atoms with E-state index in [0.717, 1.165) is 36.4 Å². The lowest BCUT2D eigenvalue weighted by Gasteiger charge is -2.24. The summed E-state index contributed by atoms with van der Waals surface area (Å²) >= 11 is 0. The number of ether oxygens (including phenoxy) is 4. The number of allylic oxidation sites excluding steroid dienone is 4. The second-order valence-electron chi connectivity index (χ2n) is 20.9. The monoisotopic (exact) mass is 1180 g/mol. The molecule has 0 amide bonds. The highest BCUT2D eigenvalue weighted by molar-refractivity contribution is 7.86. The van der Waals surface area contributed by atoms with E-state index in [1.807, 2.05) is 0 Å². The number of benzene rings is 7. The first-order valence-electron chi connectivity index (χ1n) is 26.3. The Morgan fingerprint density at radius 1 is 0.647 bits per heavy atom. The van der Waals surface area contributed by atoms with Gasteiger partial charge in [0, 0.05) is 52.0 Å². The molecule has 0 saturated carbocycles. The molecule has 0 atom stereocenters. The Hall–Kier alpha value is -9.93. The molecule has 7 aromatic rings. The summed E-state index contributed by atoms with van der Waals surface area (Å²) in [6.07, 6.45) is 6.90. The van der Waals surface area contributed by atoms with E-state index in [1.54, 1.807) is 12.1 Å². The minimum absolute atomic E-state index is 0.0814. The normalized spacial score (nSPS) is 15.1. The fourth-order valence-electron chi connectivity index (χ4n) is 10.9. The van der Waals surface area contributed by atoms with Gasteiger partial charge in [0.25, 0.3) is 11.4 Å². The molecule has 0 fully saturated rings. The molecule has 0 unspecified atom stereocenters. The van der Waals surface area contributed by atoms with Crippen LogP contribution in [-0.4, -0.2) is 88.7 Å². The van der Waals surface area contributed by atoms with E-state index in [-0.39, 0.29) is 32.8 Å². The summed E-state index contributed by atoms with van der Waals surface area (Å²) in [7, 11) is -5.58. The maximum absolute atomic E-state index is 12.4. The zero-order chi connectivity index (χ0) is 61.8. The SMILES string of the molecule is Cc1ccc2c3c(ccc2c1)[N+](C)=C(/C=C/C=C1\N(C)c2ccc4cc(C)ccc4c2C1(C)C)C3(C)C.[C-]#[N+]/C(C#N)=c1/cc(OCCOC(=O)c2ccccc2S(=O)(=O)[O-])/c(=C(\C#N)[N+]#[C-])cc1OCCOC(=O)c1ccccc1S(=O)(=O)[O-]. The third-order valence-electron chi connectivity index (χ3n) is 14.7. The van der Waals surface area contributed by atoms with Crippen LogP contribution in [0.15, 0.2) is 155 Å². The molecule has 430 valence electrons. The summed E-state index contributed by atoms with van der Waals surface area (Å²) < 4.78 is 92.3. The van der Waals surface area contributed by atoms with Crippen LogP contribution in [0, 0.1) is 49.7 Å². The first-order valence-corrected chi connectivity index (χ1v) is 29.1. The first kappa shape index (κ1) is 61.1. The Bertz CT molecular complexity index is 4400. The maximum Gasteiger partial charge on any atom is 0.339 e. The molecule has 0 spiro atoms. The van der Waals surface area contributed by atoms with Crippen LogP contribution in [0.1, 0.15) is 70.7 Å². The van der Waals surface area contributed by atoms with Gasteiger partial charge in [0.05, 0.1) is 51.6 Å². The number of carbonyl (C=O) groups is 2. The van der Waals surface area contributed by atoms with Crippen molar-refractivity contribution in [1.82, 2.24) is 0 Å². The van der Waals surface area contributed by atoms with Crippen LogP contribution in [-0.2, 0) is 40.5 Å². The average Bonchev–Trinajstić information content (AvgIpc) is 1.64. The highest BCUT2D eigenvalue weighted by atomic mass is 32.2. The molecule has 0 N–H and O–H groups in total. The Labute approximate surface area is 492 Å².